The Labute approximate surface area is 123 Å². The molecule has 1 atom stereocenters. The van der Waals surface area contributed by atoms with Crippen LogP contribution >= 0.6 is 23.2 Å². The molecule has 2 aromatic rings. The van der Waals surface area contributed by atoms with E-state index in [2.05, 4.69) is 18.1 Å². The minimum atomic E-state index is -0.128. The molecule has 0 saturated heterocycles. The molecule has 102 valence electrons. The van der Waals surface area contributed by atoms with Crippen molar-refractivity contribution in [3.8, 4) is 0 Å². The van der Waals surface area contributed by atoms with Crippen molar-refractivity contribution in [1.29, 1.82) is 0 Å². The Balaban J connectivity index is 2.20. The van der Waals surface area contributed by atoms with Crippen LogP contribution in [0.4, 0.5) is 0 Å². The molecular formula is C14H17Cl2N3. The van der Waals surface area contributed by atoms with Crippen molar-refractivity contribution < 1.29 is 0 Å². The van der Waals surface area contributed by atoms with Crippen molar-refractivity contribution in [2.45, 2.75) is 25.8 Å². The van der Waals surface area contributed by atoms with Crippen LogP contribution in [-0.4, -0.2) is 9.78 Å². The van der Waals surface area contributed by atoms with Gasteiger partial charge in [0.1, 0.15) is 0 Å². The van der Waals surface area contributed by atoms with Crippen LogP contribution in [0.2, 0.25) is 10.0 Å². The first-order valence-corrected chi connectivity index (χ1v) is 6.99. The lowest BCUT2D eigenvalue weighted by Gasteiger charge is -2.13. The van der Waals surface area contributed by atoms with Gasteiger partial charge >= 0.3 is 0 Å². The van der Waals surface area contributed by atoms with E-state index in [-0.39, 0.29) is 6.04 Å². The van der Waals surface area contributed by atoms with Gasteiger partial charge in [0.15, 0.2) is 0 Å². The molecule has 0 saturated carbocycles. The normalized spacial score (nSPS) is 12.7. The molecule has 0 bridgehead atoms. The maximum atomic E-state index is 6.25. The van der Waals surface area contributed by atoms with E-state index < -0.39 is 0 Å². The number of aromatic nitrogens is 2. The van der Waals surface area contributed by atoms with Crippen molar-refractivity contribution in [2.75, 3.05) is 0 Å². The van der Waals surface area contributed by atoms with E-state index in [1.165, 1.54) is 0 Å². The lowest BCUT2D eigenvalue weighted by atomic mass is 10.0. The summed E-state index contributed by atoms with van der Waals surface area (Å²) < 4.78 is 1.84. The highest BCUT2D eigenvalue weighted by Gasteiger charge is 2.14. The third-order valence-electron chi connectivity index (χ3n) is 3.16. The van der Waals surface area contributed by atoms with Gasteiger partial charge in [0.2, 0.25) is 0 Å². The van der Waals surface area contributed by atoms with Gasteiger partial charge in [-0.25, -0.2) is 0 Å². The molecule has 0 aliphatic rings. The molecule has 0 spiro atoms. The number of halogens is 2. The second-order valence-corrected chi connectivity index (χ2v) is 5.43. The molecule has 1 unspecified atom stereocenters. The number of nitrogens with two attached hydrogens (primary N) is 1. The monoisotopic (exact) mass is 297 g/mol. The highest BCUT2D eigenvalue weighted by atomic mass is 35.5. The Bertz CT molecular complexity index is 578. The average molecular weight is 298 g/mol. The van der Waals surface area contributed by atoms with Gasteiger partial charge in [-0.15, -0.1) is 0 Å². The van der Waals surface area contributed by atoms with Gasteiger partial charge < -0.3 is 5.73 Å². The smallest absolute Gasteiger partial charge is 0.0625 e. The number of benzene rings is 1. The van der Waals surface area contributed by atoms with Crippen molar-refractivity contribution in [2.24, 2.45) is 12.8 Å². The highest BCUT2D eigenvalue weighted by Crippen LogP contribution is 2.25. The van der Waals surface area contributed by atoms with Gasteiger partial charge in [-0.1, -0.05) is 36.2 Å². The van der Waals surface area contributed by atoms with E-state index in [0.29, 0.717) is 16.5 Å². The Morgan fingerprint density at radius 3 is 2.63 bits per heavy atom. The first-order valence-electron chi connectivity index (χ1n) is 6.23. The average Bonchev–Trinajstić information content (AvgIpc) is 2.74. The van der Waals surface area contributed by atoms with Crippen LogP contribution < -0.4 is 5.73 Å². The molecule has 5 heteroatoms. The Kier molecular flexibility index (Phi) is 4.50. The molecule has 0 radical (unpaired) electrons. The highest BCUT2D eigenvalue weighted by molar-refractivity contribution is 6.35. The molecule has 1 heterocycles. The molecular weight excluding hydrogens is 281 g/mol. The second-order valence-electron chi connectivity index (χ2n) is 4.58. The van der Waals surface area contributed by atoms with Crippen LogP contribution in [0.15, 0.2) is 24.3 Å². The van der Waals surface area contributed by atoms with Crippen LogP contribution in [0, 0.1) is 0 Å². The molecule has 0 amide bonds. The summed E-state index contributed by atoms with van der Waals surface area (Å²) in [7, 11) is 1.91. The van der Waals surface area contributed by atoms with Gasteiger partial charge in [-0.3, -0.25) is 4.68 Å². The number of hydrogen-bond acceptors (Lipinski definition) is 2. The number of hydrogen-bond donors (Lipinski definition) is 1. The topological polar surface area (TPSA) is 43.8 Å². The minimum absolute atomic E-state index is 0.128. The zero-order valence-corrected chi connectivity index (χ0v) is 12.5. The number of rotatable bonds is 4. The molecule has 0 fully saturated rings. The Morgan fingerprint density at radius 1 is 1.32 bits per heavy atom. The predicted molar refractivity (Wildman–Crippen MR) is 79.7 cm³/mol. The SMILES string of the molecule is CCc1cc(C(N)Cc2ccc(Cl)cc2Cl)n(C)n1. The van der Waals surface area contributed by atoms with Gasteiger partial charge in [0, 0.05) is 17.1 Å². The third kappa shape index (κ3) is 3.30. The fourth-order valence-corrected chi connectivity index (χ4v) is 2.58. The standard InChI is InChI=1S/C14H17Cl2N3/c1-3-11-8-14(19(2)18-11)13(17)6-9-4-5-10(15)7-12(9)16/h4-5,7-8,13H,3,6,17H2,1-2H3. The largest absolute Gasteiger partial charge is 0.322 e. The quantitative estimate of drug-likeness (QED) is 0.938. The van der Waals surface area contributed by atoms with E-state index in [4.69, 9.17) is 28.9 Å². The van der Waals surface area contributed by atoms with E-state index >= 15 is 0 Å². The van der Waals surface area contributed by atoms with Crippen molar-refractivity contribution in [3.63, 3.8) is 0 Å². The summed E-state index contributed by atoms with van der Waals surface area (Å²) >= 11 is 12.1. The second kappa shape index (κ2) is 5.95. The summed E-state index contributed by atoms with van der Waals surface area (Å²) in [5.41, 5.74) is 9.32. The van der Waals surface area contributed by atoms with E-state index in [1.54, 1.807) is 6.07 Å². The summed E-state index contributed by atoms with van der Waals surface area (Å²) in [4.78, 5) is 0. The summed E-state index contributed by atoms with van der Waals surface area (Å²) in [6, 6.07) is 7.41. The molecule has 19 heavy (non-hydrogen) atoms. The maximum absolute atomic E-state index is 6.25. The molecule has 2 N–H and O–H groups in total. The van der Waals surface area contributed by atoms with Crippen LogP contribution in [0.25, 0.3) is 0 Å². The van der Waals surface area contributed by atoms with Crippen LogP contribution in [0.1, 0.15) is 29.9 Å². The van der Waals surface area contributed by atoms with Crippen LogP contribution in [0.3, 0.4) is 0 Å². The van der Waals surface area contributed by atoms with Crippen LogP contribution in [0.5, 0.6) is 0 Å². The van der Waals surface area contributed by atoms with Crippen LogP contribution in [-0.2, 0) is 19.9 Å². The zero-order valence-electron chi connectivity index (χ0n) is 11.0. The first-order chi connectivity index (χ1) is 9.01. The minimum Gasteiger partial charge on any atom is -0.322 e. The van der Waals surface area contributed by atoms with Gasteiger partial charge in [0.25, 0.3) is 0 Å². The zero-order chi connectivity index (χ0) is 14.0. The Hall–Kier alpha value is -1.03. The summed E-state index contributed by atoms with van der Waals surface area (Å²) in [5.74, 6) is 0. The lowest BCUT2D eigenvalue weighted by molar-refractivity contribution is 0.614. The molecule has 3 nitrogen and oxygen atoms in total. The van der Waals surface area contributed by atoms with Gasteiger partial charge in [-0.05, 0) is 36.6 Å². The summed E-state index contributed by atoms with van der Waals surface area (Å²) in [6.07, 6.45) is 1.57. The van der Waals surface area contributed by atoms with Crippen molar-refractivity contribution in [1.82, 2.24) is 9.78 Å². The fourth-order valence-electron chi connectivity index (χ4n) is 2.09. The van der Waals surface area contributed by atoms with Gasteiger partial charge in [-0.2, -0.15) is 5.10 Å². The maximum Gasteiger partial charge on any atom is 0.0625 e. The first kappa shape index (κ1) is 14.4. The molecule has 0 aliphatic heterocycles. The van der Waals surface area contributed by atoms with E-state index in [1.807, 2.05) is 23.9 Å². The Morgan fingerprint density at radius 2 is 2.05 bits per heavy atom. The summed E-state index contributed by atoms with van der Waals surface area (Å²) in [5, 5.41) is 5.70. The predicted octanol–water partition coefficient (Wildman–Crippen LogP) is 3.53. The fraction of sp³-hybridized carbons (Fsp3) is 0.357. The van der Waals surface area contributed by atoms with Crippen molar-refractivity contribution in [3.05, 3.63) is 51.3 Å². The molecule has 1 aromatic heterocycles. The lowest BCUT2D eigenvalue weighted by Crippen LogP contribution is -2.17. The van der Waals surface area contributed by atoms with E-state index in [0.717, 1.165) is 23.4 Å². The molecule has 2 rings (SSSR count). The third-order valence-corrected chi connectivity index (χ3v) is 3.75. The van der Waals surface area contributed by atoms with Crippen molar-refractivity contribution >= 4 is 23.2 Å². The number of aryl methyl sites for hydroxylation is 2. The summed E-state index contributed by atoms with van der Waals surface area (Å²) in [6.45, 7) is 2.08. The van der Waals surface area contributed by atoms with Gasteiger partial charge in [0.05, 0.1) is 17.4 Å². The molecule has 1 aromatic carbocycles. The molecule has 0 aliphatic carbocycles. The van der Waals surface area contributed by atoms with E-state index in [9.17, 15) is 0 Å². The number of nitrogens with zero attached hydrogens (tertiary/aromatic N) is 2.